The lowest BCUT2D eigenvalue weighted by molar-refractivity contribution is -0.138. The van der Waals surface area contributed by atoms with Gasteiger partial charge < -0.3 is 29.8 Å². The summed E-state index contributed by atoms with van der Waals surface area (Å²) in [6, 6.07) is 34.2. The Morgan fingerprint density at radius 3 is 1.87 bits per heavy atom. The van der Waals surface area contributed by atoms with Crippen molar-refractivity contribution in [3.8, 4) is 34.2 Å². The topological polar surface area (TPSA) is 140 Å². The summed E-state index contributed by atoms with van der Waals surface area (Å²) >= 11 is 0. The summed E-state index contributed by atoms with van der Waals surface area (Å²) in [5.41, 5.74) is 7.29. The van der Waals surface area contributed by atoms with Crippen LogP contribution in [0.25, 0.3) is 22.4 Å². The Bertz CT molecular complexity index is 2520. The highest BCUT2D eigenvalue weighted by atomic mass is 16.5. The monoisotopic (exact) mass is 828 g/mol. The van der Waals surface area contributed by atoms with Crippen LogP contribution in [0, 0.1) is 11.8 Å². The van der Waals surface area contributed by atoms with Crippen LogP contribution in [0.1, 0.15) is 97.7 Å². The summed E-state index contributed by atoms with van der Waals surface area (Å²) in [6.45, 7) is 7.06. The number of nitrogens with zero attached hydrogens (tertiary/aromatic N) is 5. The molecule has 2 saturated heterocycles. The zero-order chi connectivity index (χ0) is 43.0. The molecule has 4 atom stereocenters. The lowest BCUT2D eigenvalue weighted by atomic mass is 10.0. The molecule has 62 heavy (non-hydrogen) atoms. The number of hydrogen-bond donors (Lipinski definition) is 3. The second-order valence-corrected chi connectivity index (χ2v) is 15.7. The Hall–Kier alpha value is -6.97. The predicted molar refractivity (Wildman–Crippen MR) is 238 cm³/mol. The first-order valence-electron chi connectivity index (χ1n) is 21.5. The van der Waals surface area contributed by atoms with Crippen molar-refractivity contribution in [2.75, 3.05) is 33.3 Å². The van der Waals surface area contributed by atoms with Crippen LogP contribution in [0.15, 0.2) is 122 Å². The Labute approximate surface area is 362 Å². The van der Waals surface area contributed by atoms with Crippen LogP contribution < -0.4 is 5.32 Å². The number of amides is 3. The number of hydrogen-bond acceptors (Lipinski definition) is 7. The zero-order valence-electron chi connectivity index (χ0n) is 35.4. The molecule has 0 spiro atoms. The number of aromatic amines is 2. The highest BCUT2D eigenvalue weighted by molar-refractivity contribution is 5.87. The first kappa shape index (κ1) is 41.8. The van der Waals surface area contributed by atoms with E-state index >= 15 is 0 Å². The quantitative estimate of drug-likeness (QED) is 0.105. The SMILES string of the molecule is CCN(CC)[C@@H](C(=O)N1CCC[C@H]1c1ncc(-c2ccc(-c3ccc(C#Cc4cnc([C@@H]5CCCN5C(=O)[C@H](NC(=O)OC)c5ccccc5)[nH]4)cc3)cc2)[nH]1)c1ccccc1. The van der Waals surface area contributed by atoms with Crippen molar-refractivity contribution in [1.29, 1.82) is 0 Å². The van der Waals surface area contributed by atoms with Gasteiger partial charge in [-0.2, -0.15) is 0 Å². The third-order valence-electron chi connectivity index (χ3n) is 12.0. The molecule has 0 radical (unpaired) electrons. The van der Waals surface area contributed by atoms with Crippen LogP contribution in [-0.2, 0) is 14.3 Å². The third-order valence-corrected chi connectivity index (χ3v) is 12.0. The number of nitrogens with one attached hydrogen (secondary N) is 3. The number of carbonyl (C=O) groups excluding carboxylic acids is 3. The van der Waals surface area contributed by atoms with E-state index in [9.17, 15) is 14.4 Å². The summed E-state index contributed by atoms with van der Waals surface area (Å²) in [4.78, 5) is 62.6. The van der Waals surface area contributed by atoms with E-state index in [1.54, 1.807) is 11.1 Å². The van der Waals surface area contributed by atoms with Gasteiger partial charge in [-0.25, -0.2) is 14.8 Å². The Morgan fingerprint density at radius 1 is 0.710 bits per heavy atom. The molecular formula is C50H52N8O4. The zero-order valence-corrected chi connectivity index (χ0v) is 35.4. The van der Waals surface area contributed by atoms with E-state index in [0.717, 1.165) is 78.1 Å². The molecule has 2 aliphatic rings. The van der Waals surface area contributed by atoms with E-state index in [1.165, 1.54) is 7.11 Å². The van der Waals surface area contributed by atoms with Crippen molar-refractivity contribution in [2.24, 2.45) is 0 Å². The van der Waals surface area contributed by atoms with Crippen molar-refractivity contribution < 1.29 is 19.1 Å². The minimum atomic E-state index is -0.881. The van der Waals surface area contributed by atoms with Gasteiger partial charge in [0.2, 0.25) is 5.91 Å². The molecule has 2 fully saturated rings. The Morgan fingerprint density at radius 2 is 1.26 bits per heavy atom. The van der Waals surface area contributed by atoms with Gasteiger partial charge in [0.05, 0.1) is 37.3 Å². The highest BCUT2D eigenvalue weighted by Gasteiger charge is 2.39. The fourth-order valence-corrected chi connectivity index (χ4v) is 8.75. The van der Waals surface area contributed by atoms with Crippen LogP contribution in [0.4, 0.5) is 4.79 Å². The van der Waals surface area contributed by atoms with Crippen LogP contribution in [0.5, 0.6) is 0 Å². The molecule has 316 valence electrons. The van der Waals surface area contributed by atoms with Gasteiger partial charge in [0.1, 0.15) is 29.4 Å². The molecule has 0 bridgehead atoms. The smallest absolute Gasteiger partial charge is 0.407 e. The van der Waals surface area contributed by atoms with Gasteiger partial charge in [0.15, 0.2) is 0 Å². The van der Waals surface area contributed by atoms with E-state index in [4.69, 9.17) is 9.72 Å². The molecule has 0 unspecified atom stereocenters. The van der Waals surface area contributed by atoms with Crippen molar-refractivity contribution in [2.45, 2.75) is 63.7 Å². The number of likely N-dealkylation sites (tertiary alicyclic amines) is 2. The van der Waals surface area contributed by atoms with E-state index < -0.39 is 12.1 Å². The standard InChI is InChI=1S/C50H52N8O4/c1-4-56(5-2)45(39-16-10-7-11-17-39)49(60)58-31-13-19-43(58)47-52-33-41(54-47)37-27-25-36(26-28-37)35-23-20-34(21-24-35)22-29-40-32-51-46(53-40)42-18-12-30-57(42)48(59)44(55-50(61)62-3)38-14-8-6-9-15-38/h6-11,14-17,20-21,23-28,32-33,42-45H,4-5,12-13,18-19,30-31H2,1-3H3,(H,51,53)(H,52,54)(H,55,61)/t42-,43-,44+,45+/m0/s1. The number of benzene rings is 4. The number of rotatable bonds is 12. The average molecular weight is 829 g/mol. The fourth-order valence-electron chi connectivity index (χ4n) is 8.75. The second-order valence-electron chi connectivity index (χ2n) is 15.7. The van der Waals surface area contributed by atoms with Crippen molar-refractivity contribution in [1.82, 2.24) is 40.0 Å². The number of H-pyrrole nitrogens is 2. The summed E-state index contributed by atoms with van der Waals surface area (Å²) in [6.07, 6.45) is 6.26. The maximum atomic E-state index is 14.2. The molecule has 12 nitrogen and oxygen atoms in total. The molecule has 6 aromatic rings. The van der Waals surface area contributed by atoms with Gasteiger partial charge in [-0.05, 0) is 84.6 Å². The molecule has 0 aliphatic carbocycles. The summed E-state index contributed by atoms with van der Waals surface area (Å²) in [5.74, 6) is 7.82. The van der Waals surface area contributed by atoms with Gasteiger partial charge in [-0.15, -0.1) is 0 Å². The van der Waals surface area contributed by atoms with E-state index in [2.05, 4.69) is 99.4 Å². The van der Waals surface area contributed by atoms with E-state index in [1.807, 2.05) is 71.8 Å². The van der Waals surface area contributed by atoms with E-state index in [0.29, 0.717) is 30.2 Å². The molecule has 4 aromatic carbocycles. The molecular weight excluding hydrogens is 777 g/mol. The molecule has 2 aromatic heterocycles. The number of carbonyl (C=O) groups is 3. The average Bonchev–Trinajstić information content (AvgIpc) is 4.17. The molecule has 4 heterocycles. The second kappa shape index (κ2) is 19.2. The summed E-state index contributed by atoms with van der Waals surface area (Å²) in [7, 11) is 1.28. The first-order chi connectivity index (χ1) is 30.3. The highest BCUT2D eigenvalue weighted by Crippen LogP contribution is 2.36. The van der Waals surface area contributed by atoms with Gasteiger partial charge >= 0.3 is 6.09 Å². The number of aromatic nitrogens is 4. The minimum Gasteiger partial charge on any atom is -0.453 e. The van der Waals surface area contributed by atoms with Crippen molar-refractivity contribution in [3.63, 3.8) is 0 Å². The van der Waals surface area contributed by atoms with Gasteiger partial charge in [0, 0.05) is 18.7 Å². The Kier molecular flexibility index (Phi) is 12.9. The lowest BCUT2D eigenvalue weighted by Gasteiger charge is -2.34. The van der Waals surface area contributed by atoms with Crippen LogP contribution in [-0.4, -0.2) is 85.8 Å². The molecule has 3 amide bonds. The maximum absolute atomic E-state index is 14.2. The van der Waals surface area contributed by atoms with Crippen molar-refractivity contribution >= 4 is 17.9 Å². The Balaban J connectivity index is 0.906. The maximum Gasteiger partial charge on any atom is 0.407 e. The largest absolute Gasteiger partial charge is 0.453 e. The lowest BCUT2D eigenvalue weighted by Crippen LogP contribution is -2.43. The third kappa shape index (κ3) is 9.04. The summed E-state index contributed by atoms with van der Waals surface area (Å²) in [5, 5.41) is 2.70. The number of methoxy groups -OCH3 is 1. The molecule has 12 heteroatoms. The van der Waals surface area contributed by atoms with Crippen LogP contribution >= 0.6 is 0 Å². The van der Waals surface area contributed by atoms with Crippen molar-refractivity contribution in [3.05, 3.63) is 156 Å². The molecule has 0 saturated carbocycles. The number of imidazole rings is 2. The first-order valence-corrected chi connectivity index (χ1v) is 21.5. The number of ether oxygens (including phenoxy) is 1. The summed E-state index contributed by atoms with van der Waals surface area (Å²) < 4.78 is 4.82. The predicted octanol–water partition coefficient (Wildman–Crippen LogP) is 8.37. The normalized spacial score (nSPS) is 17.0. The fraction of sp³-hybridized carbons (Fsp3) is 0.300. The van der Waals surface area contributed by atoms with Crippen LogP contribution in [0.2, 0.25) is 0 Å². The van der Waals surface area contributed by atoms with Gasteiger partial charge in [-0.1, -0.05) is 117 Å². The molecule has 3 N–H and O–H groups in total. The van der Waals surface area contributed by atoms with Gasteiger partial charge in [-0.3, -0.25) is 14.5 Å². The number of likely N-dealkylation sites (N-methyl/N-ethyl adjacent to an activating group) is 1. The molecule has 8 rings (SSSR count). The van der Waals surface area contributed by atoms with Crippen LogP contribution in [0.3, 0.4) is 0 Å². The van der Waals surface area contributed by atoms with E-state index in [-0.39, 0.29) is 29.9 Å². The van der Waals surface area contributed by atoms with Gasteiger partial charge in [0.25, 0.3) is 5.91 Å². The number of alkyl carbamates (subject to hydrolysis) is 1. The molecule has 2 aliphatic heterocycles. The minimum absolute atomic E-state index is 0.0981.